The van der Waals surface area contributed by atoms with Gasteiger partial charge in [-0.25, -0.2) is 0 Å². The first-order valence-electron chi connectivity index (χ1n) is 9.30. The van der Waals surface area contributed by atoms with Crippen LogP contribution in [0.1, 0.15) is 10.4 Å². The molecule has 0 atom stereocenters. The van der Waals surface area contributed by atoms with E-state index in [1.807, 2.05) is 30.5 Å². The van der Waals surface area contributed by atoms with Gasteiger partial charge in [0.05, 0.1) is 33.0 Å². The number of rotatable bonds is 9. The van der Waals surface area contributed by atoms with E-state index < -0.39 is 11.8 Å². The van der Waals surface area contributed by atoms with Crippen molar-refractivity contribution >= 4 is 35.2 Å². The molecule has 0 radical (unpaired) electrons. The van der Waals surface area contributed by atoms with Crippen LogP contribution in [0, 0.1) is 0 Å². The van der Waals surface area contributed by atoms with Gasteiger partial charge in [-0.3, -0.25) is 30.1 Å². The smallest absolute Gasteiger partial charge is 0.269 e. The summed E-state index contributed by atoms with van der Waals surface area (Å²) in [6.07, 6.45) is 1.93. The van der Waals surface area contributed by atoms with Crippen LogP contribution in [0.15, 0.2) is 47.4 Å². The minimum atomic E-state index is -0.511. The summed E-state index contributed by atoms with van der Waals surface area (Å²) in [6, 6.07) is 12.1. The molecular weight excluding hydrogens is 420 g/mol. The van der Waals surface area contributed by atoms with Crippen molar-refractivity contribution in [2.24, 2.45) is 0 Å². The number of hydrogen-bond donors (Lipinski definition) is 3. The molecule has 3 amide bonds. The summed E-state index contributed by atoms with van der Waals surface area (Å²) < 4.78 is 10.3. The maximum absolute atomic E-state index is 12.3. The highest BCUT2D eigenvalue weighted by Gasteiger charge is 2.14. The number of carbonyl (C=O) groups excluding carboxylic acids is 3. The van der Waals surface area contributed by atoms with Crippen LogP contribution < -0.4 is 25.6 Å². The largest absolute Gasteiger partial charge is 0.493 e. The molecule has 3 N–H and O–H groups in total. The number of ether oxygens (including phenoxy) is 2. The second-order valence-electron chi connectivity index (χ2n) is 6.49. The molecule has 0 spiro atoms. The molecule has 0 bridgehead atoms. The molecule has 0 aliphatic heterocycles. The Kier molecular flexibility index (Phi) is 9.16. The van der Waals surface area contributed by atoms with E-state index in [0.29, 0.717) is 11.5 Å². The van der Waals surface area contributed by atoms with Crippen LogP contribution in [0.3, 0.4) is 0 Å². The summed E-state index contributed by atoms with van der Waals surface area (Å²) in [5.74, 6) is -0.332. The minimum Gasteiger partial charge on any atom is -0.493 e. The molecule has 0 aliphatic carbocycles. The van der Waals surface area contributed by atoms with Gasteiger partial charge in [-0.1, -0.05) is 12.1 Å². The van der Waals surface area contributed by atoms with Crippen molar-refractivity contribution in [1.29, 1.82) is 0 Å². The zero-order chi connectivity index (χ0) is 22.8. The topological polar surface area (TPSA) is 109 Å². The average Bonchev–Trinajstić information content (AvgIpc) is 2.76. The quantitative estimate of drug-likeness (QED) is 0.398. The molecule has 0 saturated carbocycles. The molecule has 0 heterocycles. The molecule has 0 unspecified atom stereocenters. The number of hydrogen-bond acceptors (Lipinski definition) is 7. The van der Waals surface area contributed by atoms with E-state index in [4.69, 9.17) is 9.47 Å². The van der Waals surface area contributed by atoms with Gasteiger partial charge in [0.2, 0.25) is 5.91 Å². The number of para-hydroxylation sites is 1. The highest BCUT2D eigenvalue weighted by atomic mass is 32.2. The summed E-state index contributed by atoms with van der Waals surface area (Å²) in [6.45, 7) is -0.0659. The van der Waals surface area contributed by atoms with E-state index in [2.05, 4.69) is 16.2 Å². The number of methoxy groups -OCH3 is 2. The predicted molar refractivity (Wildman–Crippen MR) is 120 cm³/mol. The minimum absolute atomic E-state index is 0.0137. The molecule has 10 heteroatoms. The molecule has 0 fully saturated rings. The molecule has 0 aromatic heterocycles. The van der Waals surface area contributed by atoms with Crippen molar-refractivity contribution in [1.82, 2.24) is 15.8 Å². The fourth-order valence-corrected chi connectivity index (χ4v) is 3.25. The van der Waals surface area contributed by atoms with Crippen LogP contribution in [-0.4, -0.2) is 63.2 Å². The highest BCUT2D eigenvalue weighted by Crippen LogP contribution is 2.27. The summed E-state index contributed by atoms with van der Waals surface area (Å²) in [7, 11) is 4.60. The van der Waals surface area contributed by atoms with Gasteiger partial charge in [-0.15, -0.1) is 11.8 Å². The van der Waals surface area contributed by atoms with Gasteiger partial charge in [0.15, 0.2) is 11.5 Å². The number of likely N-dealkylation sites (N-methyl/N-ethyl adjacent to an activating group) is 1. The van der Waals surface area contributed by atoms with Crippen LogP contribution in [0.4, 0.5) is 5.69 Å². The molecule has 31 heavy (non-hydrogen) atoms. The Morgan fingerprint density at radius 1 is 0.935 bits per heavy atom. The van der Waals surface area contributed by atoms with Crippen molar-refractivity contribution < 1.29 is 23.9 Å². The number of nitrogens with one attached hydrogen (secondary N) is 3. The van der Waals surface area contributed by atoms with Crippen LogP contribution in [0.25, 0.3) is 0 Å². The fourth-order valence-electron chi connectivity index (χ4n) is 2.70. The van der Waals surface area contributed by atoms with Crippen LogP contribution in [-0.2, 0) is 9.59 Å². The first-order valence-corrected chi connectivity index (χ1v) is 10.5. The SMILES string of the molecule is COc1ccc(C(=O)NNC(=O)CN(C)CC(=O)Nc2ccccc2SC)cc1OC. The lowest BCUT2D eigenvalue weighted by molar-refractivity contribution is -0.123. The number of anilines is 1. The van der Waals surface area contributed by atoms with E-state index >= 15 is 0 Å². The second-order valence-corrected chi connectivity index (χ2v) is 7.34. The van der Waals surface area contributed by atoms with Crippen molar-refractivity contribution in [3.63, 3.8) is 0 Å². The first kappa shape index (κ1) is 24.0. The van der Waals surface area contributed by atoms with E-state index in [1.165, 1.54) is 36.9 Å². The van der Waals surface area contributed by atoms with E-state index in [9.17, 15) is 14.4 Å². The standard InChI is InChI=1S/C21H26N4O5S/c1-25(12-19(26)22-15-7-5-6-8-18(15)31-4)13-20(27)23-24-21(28)14-9-10-16(29-2)17(11-14)30-3/h5-11H,12-13H2,1-4H3,(H,22,26)(H,23,27)(H,24,28). The Hall–Kier alpha value is -3.24. The van der Waals surface area contributed by atoms with Crippen LogP contribution in [0.2, 0.25) is 0 Å². The lowest BCUT2D eigenvalue weighted by Crippen LogP contribution is -2.46. The monoisotopic (exact) mass is 446 g/mol. The average molecular weight is 447 g/mol. The van der Waals surface area contributed by atoms with Gasteiger partial charge < -0.3 is 14.8 Å². The number of nitrogens with zero attached hydrogens (tertiary/aromatic N) is 1. The molecule has 9 nitrogen and oxygen atoms in total. The highest BCUT2D eigenvalue weighted by molar-refractivity contribution is 7.98. The fraction of sp³-hybridized carbons (Fsp3) is 0.286. The number of hydrazine groups is 1. The van der Waals surface area contributed by atoms with Crippen LogP contribution >= 0.6 is 11.8 Å². The third kappa shape index (κ3) is 7.19. The van der Waals surface area contributed by atoms with Crippen molar-refractivity contribution in [2.45, 2.75) is 4.90 Å². The Balaban J connectivity index is 1.81. The summed E-state index contributed by atoms with van der Waals surface area (Å²) >= 11 is 1.53. The molecular formula is C21H26N4O5S. The Morgan fingerprint density at radius 3 is 2.29 bits per heavy atom. The lowest BCUT2D eigenvalue weighted by Gasteiger charge is -2.17. The number of benzene rings is 2. The molecule has 0 saturated heterocycles. The van der Waals surface area contributed by atoms with Gasteiger partial charge in [0.25, 0.3) is 11.8 Å². The third-order valence-electron chi connectivity index (χ3n) is 4.17. The van der Waals surface area contributed by atoms with Crippen molar-refractivity contribution in [3.8, 4) is 11.5 Å². The zero-order valence-electron chi connectivity index (χ0n) is 17.9. The summed E-state index contributed by atoms with van der Waals surface area (Å²) in [5.41, 5.74) is 5.68. The van der Waals surface area contributed by atoms with Gasteiger partial charge >= 0.3 is 0 Å². The van der Waals surface area contributed by atoms with Crippen LogP contribution in [0.5, 0.6) is 11.5 Å². The maximum Gasteiger partial charge on any atom is 0.269 e. The Bertz CT molecular complexity index is 938. The predicted octanol–water partition coefficient (Wildman–Crippen LogP) is 1.76. The van der Waals surface area contributed by atoms with Gasteiger partial charge in [-0.05, 0) is 43.6 Å². The summed E-state index contributed by atoms with van der Waals surface area (Å²) in [5, 5.41) is 2.83. The number of carbonyl (C=O) groups is 3. The van der Waals surface area contributed by atoms with Gasteiger partial charge in [-0.2, -0.15) is 0 Å². The second kappa shape index (κ2) is 11.8. The van der Waals surface area contributed by atoms with Gasteiger partial charge in [0.1, 0.15) is 0 Å². The van der Waals surface area contributed by atoms with Crippen molar-refractivity contribution in [3.05, 3.63) is 48.0 Å². The van der Waals surface area contributed by atoms with Crippen molar-refractivity contribution in [2.75, 3.05) is 45.9 Å². The Morgan fingerprint density at radius 2 is 1.61 bits per heavy atom. The Labute approximate surface area is 185 Å². The lowest BCUT2D eigenvalue weighted by atomic mass is 10.2. The molecule has 2 aromatic rings. The van der Waals surface area contributed by atoms with E-state index in [1.54, 1.807) is 19.2 Å². The third-order valence-corrected chi connectivity index (χ3v) is 4.97. The normalized spacial score (nSPS) is 10.4. The maximum atomic E-state index is 12.3. The summed E-state index contributed by atoms with van der Waals surface area (Å²) in [4.78, 5) is 39.1. The van der Waals surface area contributed by atoms with E-state index in [0.717, 1.165) is 10.6 Å². The van der Waals surface area contributed by atoms with E-state index in [-0.39, 0.29) is 24.6 Å². The number of amides is 3. The molecule has 0 aliphatic rings. The van der Waals surface area contributed by atoms with Gasteiger partial charge in [0, 0.05) is 10.5 Å². The molecule has 166 valence electrons. The number of thioether (sulfide) groups is 1. The molecule has 2 rings (SSSR count). The zero-order valence-corrected chi connectivity index (χ0v) is 18.7. The first-order chi connectivity index (χ1) is 14.9. The molecule has 2 aromatic carbocycles.